The molecule has 9 nitrogen and oxygen atoms in total. The Balaban J connectivity index is 2.20. The van der Waals surface area contributed by atoms with Crippen molar-refractivity contribution in [3.8, 4) is 0 Å². The molecule has 1 rings (SSSR count). The first kappa shape index (κ1) is 85.6. The average Bonchev–Trinajstić information content (AvgIpc) is 1.00. The molecule has 0 aromatic carbocycles. The van der Waals surface area contributed by atoms with E-state index in [4.69, 9.17) is 9.47 Å². The lowest BCUT2D eigenvalue weighted by Gasteiger charge is -2.40. The smallest absolute Gasteiger partial charge is 0.220 e. The van der Waals surface area contributed by atoms with Crippen molar-refractivity contribution >= 4 is 5.91 Å². The standard InChI is InChI=1S/C83H137NO8/c1-3-5-7-9-11-13-15-17-19-21-23-25-27-29-31-33-34-35-36-37-38-39-40-41-42-43-44-45-47-49-51-53-55-57-59-61-63-65-67-69-71-73-79(87)84-76(75-91-83-82(90)81(89)80(88)78(74-85)92-83)77(86)72-70-68-66-64-62-60-58-56-54-52-50-48-46-32-30-28-26-24-22-20-18-16-14-12-10-8-6-4-2/h5,7,11,13,17,19,23,25,29,31,34-35,37-38,40-41,43-44,47,49,53,55,59,61-62,64,70,72,76-78,80-83,85-86,88-90H,3-4,6,8-10,12,14-16,18,20-22,24,26-28,30,32-33,36,39,42,45-46,48,50-52,54,56-58,60,63,65-69,71,73-75H2,1-2H3,(H,84,87)/b7-5-,13-11-,19-17-,25-23-,31-29-,35-34-,38-37-,41-40-,44-43-,49-47-,55-53-,61-59-,64-62+,72-70+. The van der Waals surface area contributed by atoms with E-state index in [1.807, 2.05) is 6.08 Å². The molecular formula is C83H137NO8. The van der Waals surface area contributed by atoms with Crippen molar-refractivity contribution in [2.75, 3.05) is 13.2 Å². The van der Waals surface area contributed by atoms with Crippen LogP contribution in [0.4, 0.5) is 0 Å². The van der Waals surface area contributed by atoms with E-state index in [0.717, 1.165) is 122 Å². The van der Waals surface area contributed by atoms with Crippen LogP contribution < -0.4 is 5.32 Å². The van der Waals surface area contributed by atoms with Gasteiger partial charge >= 0.3 is 0 Å². The first-order valence-electron chi connectivity index (χ1n) is 37.4. The van der Waals surface area contributed by atoms with E-state index in [1.165, 1.54) is 141 Å². The summed E-state index contributed by atoms with van der Waals surface area (Å²) >= 11 is 0. The van der Waals surface area contributed by atoms with Crippen LogP contribution in [0.2, 0.25) is 0 Å². The number of aliphatic hydroxyl groups is 5. The summed E-state index contributed by atoms with van der Waals surface area (Å²) in [5.74, 6) is -0.215. The highest BCUT2D eigenvalue weighted by atomic mass is 16.7. The molecule has 0 aliphatic carbocycles. The minimum absolute atomic E-state index is 0.215. The normalized spacial score (nSPS) is 18.7. The number of carbonyl (C=O) groups is 1. The molecule has 1 saturated heterocycles. The van der Waals surface area contributed by atoms with Crippen molar-refractivity contribution in [2.24, 2.45) is 0 Å². The van der Waals surface area contributed by atoms with E-state index in [9.17, 15) is 30.3 Å². The van der Waals surface area contributed by atoms with Crippen molar-refractivity contribution < 1.29 is 39.8 Å². The number of rotatable bonds is 63. The first-order chi connectivity index (χ1) is 45.3. The molecule has 1 heterocycles. The van der Waals surface area contributed by atoms with Crippen LogP contribution in [0, 0.1) is 0 Å². The number of allylic oxidation sites excluding steroid dienone is 27. The maximum absolute atomic E-state index is 13.1. The van der Waals surface area contributed by atoms with E-state index in [1.54, 1.807) is 6.08 Å². The monoisotopic (exact) mass is 1280 g/mol. The van der Waals surface area contributed by atoms with Crippen LogP contribution in [0.3, 0.4) is 0 Å². The number of unbranched alkanes of at least 4 members (excludes halogenated alkanes) is 27. The quantitative estimate of drug-likeness (QED) is 0.0261. The van der Waals surface area contributed by atoms with Crippen molar-refractivity contribution in [3.05, 3.63) is 170 Å². The molecule has 7 atom stereocenters. The zero-order valence-electron chi connectivity index (χ0n) is 58.5. The van der Waals surface area contributed by atoms with Gasteiger partial charge in [0, 0.05) is 6.42 Å². The van der Waals surface area contributed by atoms with Gasteiger partial charge in [0.15, 0.2) is 6.29 Å². The SMILES string of the molecule is CC/C=C\C/C=C\C/C=C\C/C=C\C/C=C\C/C=C\C/C=C\C/C=C\C/C=C\C/C=C\C/C=C\C/C=C\CCCCCCC(=O)NC(COC1OC(CO)C(O)C(O)C1O)C(O)/C=C/CC/C=C/CCCCCCCCCCCCCCCCCCCCCCCC. The molecule has 0 bridgehead atoms. The van der Waals surface area contributed by atoms with Gasteiger partial charge in [-0.3, -0.25) is 4.79 Å². The lowest BCUT2D eigenvalue weighted by molar-refractivity contribution is -0.302. The number of hydrogen-bond acceptors (Lipinski definition) is 8. The maximum atomic E-state index is 13.1. The third-order valence-corrected chi connectivity index (χ3v) is 16.5. The van der Waals surface area contributed by atoms with Crippen molar-refractivity contribution in [1.29, 1.82) is 0 Å². The summed E-state index contributed by atoms with van der Waals surface area (Å²) in [6.07, 6.45) is 103. The highest BCUT2D eigenvalue weighted by molar-refractivity contribution is 5.76. The Labute approximate surface area is 564 Å². The van der Waals surface area contributed by atoms with E-state index < -0.39 is 49.5 Å². The van der Waals surface area contributed by atoms with Gasteiger partial charge in [-0.05, 0) is 122 Å². The summed E-state index contributed by atoms with van der Waals surface area (Å²) in [6.45, 7) is 3.65. The summed E-state index contributed by atoms with van der Waals surface area (Å²) < 4.78 is 11.3. The van der Waals surface area contributed by atoms with Crippen LogP contribution in [0.1, 0.15) is 290 Å². The van der Waals surface area contributed by atoms with Gasteiger partial charge in [0.1, 0.15) is 24.4 Å². The third kappa shape index (κ3) is 57.0. The van der Waals surface area contributed by atoms with Crippen molar-refractivity contribution in [3.63, 3.8) is 0 Å². The second kappa shape index (κ2) is 69.4. The molecule has 1 amide bonds. The molecule has 0 saturated carbocycles. The number of amides is 1. The fourth-order valence-electron chi connectivity index (χ4n) is 10.7. The van der Waals surface area contributed by atoms with Gasteiger partial charge < -0.3 is 40.3 Å². The van der Waals surface area contributed by atoms with Gasteiger partial charge in [-0.15, -0.1) is 0 Å². The van der Waals surface area contributed by atoms with Crippen molar-refractivity contribution in [2.45, 2.75) is 333 Å². The van der Waals surface area contributed by atoms with Crippen molar-refractivity contribution in [1.82, 2.24) is 5.32 Å². The minimum Gasteiger partial charge on any atom is -0.394 e. The highest BCUT2D eigenvalue weighted by Crippen LogP contribution is 2.23. The fourth-order valence-corrected chi connectivity index (χ4v) is 10.7. The van der Waals surface area contributed by atoms with Crippen LogP contribution in [-0.4, -0.2) is 87.5 Å². The summed E-state index contributed by atoms with van der Waals surface area (Å²) in [5.41, 5.74) is 0. The molecule has 6 N–H and O–H groups in total. The van der Waals surface area contributed by atoms with Crippen LogP contribution >= 0.6 is 0 Å². The Morgan fingerprint density at radius 2 is 0.685 bits per heavy atom. The molecule has 522 valence electrons. The molecule has 7 unspecified atom stereocenters. The summed E-state index contributed by atoms with van der Waals surface area (Å²) in [5, 5.41) is 54.8. The summed E-state index contributed by atoms with van der Waals surface area (Å²) in [4.78, 5) is 13.1. The lowest BCUT2D eigenvalue weighted by Crippen LogP contribution is -2.60. The molecule has 0 aromatic heterocycles. The van der Waals surface area contributed by atoms with Gasteiger partial charge in [0.2, 0.25) is 5.91 Å². The Morgan fingerprint density at radius 3 is 1.04 bits per heavy atom. The van der Waals surface area contributed by atoms with E-state index in [0.29, 0.717) is 12.8 Å². The van der Waals surface area contributed by atoms with Gasteiger partial charge in [-0.2, -0.15) is 0 Å². The first-order valence-corrected chi connectivity index (χ1v) is 37.4. The van der Waals surface area contributed by atoms with Crippen LogP contribution in [0.5, 0.6) is 0 Å². The fraction of sp³-hybridized carbons (Fsp3) is 0.651. The van der Waals surface area contributed by atoms with Gasteiger partial charge in [0.05, 0.1) is 25.4 Å². The number of ether oxygens (including phenoxy) is 2. The molecule has 0 aromatic rings. The van der Waals surface area contributed by atoms with E-state index >= 15 is 0 Å². The molecule has 0 radical (unpaired) electrons. The lowest BCUT2D eigenvalue weighted by atomic mass is 9.99. The minimum atomic E-state index is -1.59. The molecule has 92 heavy (non-hydrogen) atoms. The number of hydrogen-bond donors (Lipinski definition) is 6. The molecule has 9 heteroatoms. The zero-order valence-corrected chi connectivity index (χ0v) is 58.5. The van der Waals surface area contributed by atoms with Crippen LogP contribution in [0.25, 0.3) is 0 Å². The number of nitrogens with one attached hydrogen (secondary N) is 1. The maximum Gasteiger partial charge on any atom is 0.220 e. The molecule has 1 fully saturated rings. The molecule has 1 aliphatic heterocycles. The zero-order chi connectivity index (χ0) is 66.4. The number of aliphatic hydroxyl groups excluding tert-OH is 5. The number of carbonyl (C=O) groups excluding carboxylic acids is 1. The average molecular weight is 1280 g/mol. The van der Waals surface area contributed by atoms with Crippen LogP contribution in [0.15, 0.2) is 170 Å². The Kier molecular flexibility index (Phi) is 64.5. The second-order valence-corrected chi connectivity index (χ2v) is 25.0. The Hall–Kier alpha value is -4.45. The molecule has 0 spiro atoms. The van der Waals surface area contributed by atoms with E-state index in [-0.39, 0.29) is 12.5 Å². The topological polar surface area (TPSA) is 149 Å². The second-order valence-electron chi connectivity index (χ2n) is 25.0. The third-order valence-electron chi connectivity index (χ3n) is 16.5. The predicted molar refractivity (Wildman–Crippen MR) is 395 cm³/mol. The van der Waals surface area contributed by atoms with E-state index in [2.05, 4.69) is 177 Å². The van der Waals surface area contributed by atoms with Gasteiger partial charge in [-0.25, -0.2) is 0 Å². The highest BCUT2D eigenvalue weighted by Gasteiger charge is 2.44. The molecule has 1 aliphatic rings. The van der Waals surface area contributed by atoms with Gasteiger partial charge in [0.25, 0.3) is 0 Å². The Morgan fingerprint density at radius 1 is 0.380 bits per heavy atom. The van der Waals surface area contributed by atoms with Crippen LogP contribution in [-0.2, 0) is 14.3 Å². The summed E-state index contributed by atoms with van der Waals surface area (Å²) in [7, 11) is 0. The molecular weight excluding hydrogens is 1140 g/mol. The Bertz CT molecular complexity index is 2070. The summed E-state index contributed by atoms with van der Waals surface area (Å²) in [6, 6.07) is -0.851. The van der Waals surface area contributed by atoms with Gasteiger partial charge in [-0.1, -0.05) is 332 Å². The predicted octanol–water partition coefficient (Wildman–Crippen LogP) is 21.2. The largest absolute Gasteiger partial charge is 0.394 e.